The molecule has 0 spiro atoms. The van der Waals surface area contributed by atoms with Gasteiger partial charge in [-0.05, 0) is 43.5 Å². The van der Waals surface area contributed by atoms with Crippen LogP contribution in [-0.2, 0) is 0 Å². The van der Waals surface area contributed by atoms with Crippen LogP contribution in [0.4, 0.5) is 23.0 Å². The molecule has 1 saturated heterocycles. The fraction of sp³-hybridized carbons (Fsp3) is 0.375. The minimum Gasteiger partial charge on any atom is -0.373 e. The summed E-state index contributed by atoms with van der Waals surface area (Å²) in [4.78, 5) is 10.8. The molecule has 0 aliphatic carbocycles. The summed E-state index contributed by atoms with van der Waals surface area (Å²) in [5.41, 5.74) is 2.34. The van der Waals surface area contributed by atoms with Gasteiger partial charge in [-0.15, -0.1) is 0 Å². The maximum atomic E-state index is 4.22. The van der Waals surface area contributed by atoms with E-state index in [9.17, 15) is 0 Å². The average Bonchev–Trinajstić information content (AvgIpc) is 2.56. The first-order valence-corrected chi connectivity index (χ1v) is 7.47. The Bertz CT molecular complexity index is 575. The number of anilines is 4. The Balaban J connectivity index is 1.68. The van der Waals surface area contributed by atoms with Crippen LogP contribution >= 0.6 is 0 Å². The van der Waals surface area contributed by atoms with Crippen molar-refractivity contribution in [2.24, 2.45) is 0 Å². The molecule has 1 aromatic heterocycles. The van der Waals surface area contributed by atoms with Crippen LogP contribution in [0.2, 0.25) is 0 Å². The molecule has 1 aliphatic heterocycles. The molecule has 5 nitrogen and oxygen atoms in total. The lowest BCUT2D eigenvalue weighted by molar-refractivity contribution is 0.578. The molecule has 110 valence electrons. The predicted molar refractivity (Wildman–Crippen MR) is 87.4 cm³/mol. The number of benzene rings is 1. The zero-order valence-corrected chi connectivity index (χ0v) is 12.3. The lowest BCUT2D eigenvalue weighted by atomic mass is 10.1. The molecule has 1 fully saturated rings. The topological polar surface area (TPSA) is 53.1 Å². The molecule has 21 heavy (non-hydrogen) atoms. The van der Waals surface area contributed by atoms with Crippen molar-refractivity contribution in [3.63, 3.8) is 0 Å². The fourth-order valence-electron chi connectivity index (χ4n) is 2.62. The molecule has 1 aromatic carbocycles. The van der Waals surface area contributed by atoms with Gasteiger partial charge in [-0.3, -0.25) is 0 Å². The van der Waals surface area contributed by atoms with Crippen molar-refractivity contribution < 1.29 is 0 Å². The lowest BCUT2D eigenvalue weighted by Gasteiger charge is -2.28. The van der Waals surface area contributed by atoms with Gasteiger partial charge in [-0.1, -0.05) is 0 Å². The smallest absolute Gasteiger partial charge is 0.135 e. The number of rotatable bonds is 4. The zero-order valence-electron chi connectivity index (χ0n) is 12.3. The minimum absolute atomic E-state index is 0.792. The Morgan fingerprint density at radius 2 is 1.67 bits per heavy atom. The molecule has 2 aromatic rings. The summed E-state index contributed by atoms with van der Waals surface area (Å²) in [6.07, 6.45) is 5.51. The van der Waals surface area contributed by atoms with Gasteiger partial charge < -0.3 is 15.5 Å². The van der Waals surface area contributed by atoms with Gasteiger partial charge in [0.05, 0.1) is 0 Å². The third-order valence-corrected chi connectivity index (χ3v) is 3.78. The van der Waals surface area contributed by atoms with Crippen LogP contribution in [0.15, 0.2) is 36.7 Å². The number of piperidine rings is 1. The monoisotopic (exact) mass is 283 g/mol. The van der Waals surface area contributed by atoms with Crippen molar-refractivity contribution >= 4 is 23.0 Å². The molecular weight excluding hydrogens is 262 g/mol. The highest BCUT2D eigenvalue weighted by Crippen LogP contribution is 2.23. The van der Waals surface area contributed by atoms with Crippen LogP contribution in [0.1, 0.15) is 19.3 Å². The molecule has 0 bridgehead atoms. The van der Waals surface area contributed by atoms with Gasteiger partial charge in [-0.2, -0.15) is 0 Å². The van der Waals surface area contributed by atoms with Crippen LogP contribution in [0, 0.1) is 0 Å². The van der Waals surface area contributed by atoms with E-state index >= 15 is 0 Å². The van der Waals surface area contributed by atoms with Gasteiger partial charge in [0.1, 0.15) is 18.0 Å². The summed E-state index contributed by atoms with van der Waals surface area (Å²) in [6.45, 7) is 2.34. The summed E-state index contributed by atoms with van der Waals surface area (Å²) < 4.78 is 0. The van der Waals surface area contributed by atoms with Crippen molar-refractivity contribution in [1.82, 2.24) is 9.97 Å². The van der Waals surface area contributed by atoms with Crippen molar-refractivity contribution in [2.45, 2.75) is 19.3 Å². The van der Waals surface area contributed by atoms with Crippen molar-refractivity contribution in [3.05, 3.63) is 36.7 Å². The largest absolute Gasteiger partial charge is 0.373 e. The number of hydrogen-bond donors (Lipinski definition) is 2. The minimum atomic E-state index is 0.792. The van der Waals surface area contributed by atoms with Crippen molar-refractivity contribution in [2.75, 3.05) is 35.7 Å². The summed E-state index contributed by atoms with van der Waals surface area (Å²) in [7, 11) is 1.85. The second-order valence-corrected chi connectivity index (χ2v) is 5.26. The van der Waals surface area contributed by atoms with Gasteiger partial charge in [0.15, 0.2) is 0 Å². The van der Waals surface area contributed by atoms with E-state index in [1.807, 2.05) is 13.1 Å². The molecule has 1 aliphatic rings. The van der Waals surface area contributed by atoms with Crippen molar-refractivity contribution in [3.8, 4) is 0 Å². The van der Waals surface area contributed by atoms with Crippen LogP contribution < -0.4 is 15.5 Å². The van der Waals surface area contributed by atoms with E-state index in [1.165, 1.54) is 38.0 Å². The quantitative estimate of drug-likeness (QED) is 0.902. The highest BCUT2D eigenvalue weighted by molar-refractivity contribution is 5.62. The molecule has 5 heteroatoms. The summed E-state index contributed by atoms with van der Waals surface area (Å²) in [5.74, 6) is 1.59. The van der Waals surface area contributed by atoms with Crippen LogP contribution in [-0.4, -0.2) is 30.1 Å². The second kappa shape index (κ2) is 6.43. The Morgan fingerprint density at radius 1 is 0.952 bits per heavy atom. The molecule has 0 atom stereocenters. The number of aromatic nitrogens is 2. The molecule has 0 unspecified atom stereocenters. The van der Waals surface area contributed by atoms with E-state index < -0.39 is 0 Å². The molecule has 0 amide bonds. The van der Waals surface area contributed by atoms with Crippen LogP contribution in [0.3, 0.4) is 0 Å². The highest BCUT2D eigenvalue weighted by Gasteiger charge is 2.10. The van der Waals surface area contributed by atoms with E-state index in [2.05, 4.69) is 49.8 Å². The van der Waals surface area contributed by atoms with E-state index in [4.69, 9.17) is 0 Å². The Labute approximate surface area is 125 Å². The van der Waals surface area contributed by atoms with Gasteiger partial charge in [0.2, 0.25) is 0 Å². The second-order valence-electron chi connectivity index (χ2n) is 5.26. The third kappa shape index (κ3) is 3.42. The summed E-state index contributed by atoms with van der Waals surface area (Å²) >= 11 is 0. The highest BCUT2D eigenvalue weighted by atomic mass is 15.1. The Hall–Kier alpha value is -2.30. The molecule has 2 heterocycles. The van der Waals surface area contributed by atoms with E-state index in [0.29, 0.717) is 0 Å². The third-order valence-electron chi connectivity index (χ3n) is 3.78. The normalized spacial score (nSPS) is 14.8. The first kappa shape index (κ1) is 13.7. The van der Waals surface area contributed by atoms with Gasteiger partial charge >= 0.3 is 0 Å². The van der Waals surface area contributed by atoms with Gasteiger partial charge in [-0.25, -0.2) is 9.97 Å². The summed E-state index contributed by atoms with van der Waals surface area (Å²) in [6, 6.07) is 10.4. The van der Waals surface area contributed by atoms with Crippen LogP contribution in [0.5, 0.6) is 0 Å². The molecule has 3 rings (SSSR count). The maximum absolute atomic E-state index is 4.22. The number of hydrogen-bond acceptors (Lipinski definition) is 5. The molecule has 0 radical (unpaired) electrons. The SMILES string of the molecule is CNc1cc(Nc2ccc(N3CCCCC3)cc2)ncn1. The predicted octanol–water partition coefficient (Wildman–Crippen LogP) is 3.25. The van der Waals surface area contributed by atoms with E-state index in [0.717, 1.165) is 17.3 Å². The zero-order chi connectivity index (χ0) is 14.5. The Morgan fingerprint density at radius 3 is 2.38 bits per heavy atom. The Kier molecular flexibility index (Phi) is 4.19. The van der Waals surface area contributed by atoms with Gasteiger partial charge in [0, 0.05) is 37.6 Å². The van der Waals surface area contributed by atoms with E-state index in [-0.39, 0.29) is 0 Å². The first-order valence-electron chi connectivity index (χ1n) is 7.47. The average molecular weight is 283 g/mol. The lowest BCUT2D eigenvalue weighted by Crippen LogP contribution is -2.29. The van der Waals surface area contributed by atoms with Crippen molar-refractivity contribution in [1.29, 1.82) is 0 Å². The molecule has 2 N–H and O–H groups in total. The number of nitrogens with zero attached hydrogens (tertiary/aromatic N) is 3. The van der Waals surface area contributed by atoms with Crippen LogP contribution in [0.25, 0.3) is 0 Å². The first-order chi connectivity index (χ1) is 10.3. The molecular formula is C16H21N5. The van der Waals surface area contributed by atoms with Gasteiger partial charge in [0.25, 0.3) is 0 Å². The van der Waals surface area contributed by atoms with E-state index in [1.54, 1.807) is 6.33 Å². The fourth-order valence-corrected chi connectivity index (χ4v) is 2.62. The standard InChI is InChI=1S/C16H21N5/c1-17-15-11-16(19-12-18-15)20-13-5-7-14(8-6-13)21-9-3-2-4-10-21/h5-8,11-12H,2-4,9-10H2,1H3,(H2,17,18,19,20). The maximum Gasteiger partial charge on any atom is 0.135 e. The summed E-state index contributed by atoms with van der Waals surface area (Å²) in [5, 5.41) is 6.31. The molecule has 0 saturated carbocycles. The number of nitrogens with one attached hydrogen (secondary N) is 2.